The van der Waals surface area contributed by atoms with Crippen LogP contribution in [0.1, 0.15) is 51.2 Å². The first kappa shape index (κ1) is 13.2. The average molecular weight is 244 g/mol. The van der Waals surface area contributed by atoms with Gasteiger partial charge < -0.3 is 10.7 Å². The summed E-state index contributed by atoms with van der Waals surface area (Å²) in [7, 11) is 0. The summed E-state index contributed by atoms with van der Waals surface area (Å²) in [5.74, 6) is 0.565. The normalized spacial score (nSPS) is 12.6. The molecule has 0 spiro atoms. The van der Waals surface area contributed by atoms with Crippen LogP contribution < -0.4 is 5.73 Å². The summed E-state index contributed by atoms with van der Waals surface area (Å²) >= 11 is 0. The lowest BCUT2D eigenvalue weighted by molar-refractivity contribution is 0.491. The Morgan fingerprint density at radius 1 is 1.28 bits per heavy atom. The van der Waals surface area contributed by atoms with Gasteiger partial charge in [0, 0.05) is 17.1 Å². The van der Waals surface area contributed by atoms with E-state index in [0.29, 0.717) is 5.92 Å². The predicted octanol–water partition coefficient (Wildman–Crippen LogP) is 3.92. The topological polar surface area (TPSA) is 41.8 Å². The molecule has 1 aromatic carbocycles. The molecule has 1 heterocycles. The molecule has 0 aliphatic heterocycles. The molecule has 2 heteroatoms. The summed E-state index contributed by atoms with van der Waals surface area (Å²) in [6.07, 6.45) is 3.15. The highest BCUT2D eigenvalue weighted by atomic mass is 14.7. The lowest BCUT2D eigenvalue weighted by atomic mass is 9.81. The molecule has 1 aromatic heterocycles. The highest BCUT2D eigenvalue weighted by Crippen LogP contribution is 2.34. The van der Waals surface area contributed by atoms with Crippen LogP contribution in [0.3, 0.4) is 0 Å². The predicted molar refractivity (Wildman–Crippen MR) is 79.1 cm³/mol. The summed E-state index contributed by atoms with van der Waals surface area (Å²) in [6.45, 7) is 9.73. The Balaban J connectivity index is 2.55. The summed E-state index contributed by atoms with van der Waals surface area (Å²) < 4.78 is 0. The second-order valence-electron chi connectivity index (χ2n) is 6.08. The number of hydrogen-bond acceptors (Lipinski definition) is 1. The summed E-state index contributed by atoms with van der Waals surface area (Å²) in [5, 5.41) is 1.35. The van der Waals surface area contributed by atoms with Crippen molar-refractivity contribution in [3.8, 4) is 0 Å². The quantitative estimate of drug-likeness (QED) is 0.841. The molecule has 0 amide bonds. The molecule has 0 aliphatic carbocycles. The molecule has 2 nitrogen and oxygen atoms in total. The van der Waals surface area contributed by atoms with E-state index in [1.165, 1.54) is 22.0 Å². The number of rotatable bonds is 4. The van der Waals surface area contributed by atoms with Crippen molar-refractivity contribution >= 4 is 10.9 Å². The highest BCUT2D eigenvalue weighted by Gasteiger charge is 2.23. The average Bonchev–Trinajstić information content (AvgIpc) is 2.71. The van der Waals surface area contributed by atoms with E-state index in [1.807, 2.05) is 0 Å². The van der Waals surface area contributed by atoms with E-state index in [2.05, 4.69) is 57.1 Å². The largest absolute Gasteiger partial charge is 0.361 e. The van der Waals surface area contributed by atoms with E-state index < -0.39 is 0 Å². The molecule has 0 unspecified atom stereocenters. The van der Waals surface area contributed by atoms with Crippen molar-refractivity contribution in [3.05, 3.63) is 35.5 Å². The number of nitrogens with two attached hydrogens (primary N) is 1. The number of aromatic nitrogens is 1. The minimum Gasteiger partial charge on any atom is -0.361 e. The first-order valence-corrected chi connectivity index (χ1v) is 6.77. The molecule has 0 bridgehead atoms. The van der Waals surface area contributed by atoms with Gasteiger partial charge in [-0.1, -0.05) is 33.8 Å². The van der Waals surface area contributed by atoms with Crippen molar-refractivity contribution in [1.82, 2.24) is 4.98 Å². The Labute approximate surface area is 110 Å². The van der Waals surface area contributed by atoms with E-state index in [4.69, 9.17) is 5.73 Å². The van der Waals surface area contributed by atoms with Crippen molar-refractivity contribution in [1.29, 1.82) is 0 Å². The maximum atomic E-state index is 5.73. The molecule has 0 fully saturated rings. The third-order valence-electron chi connectivity index (χ3n) is 3.87. The number of aromatic amines is 1. The van der Waals surface area contributed by atoms with Crippen molar-refractivity contribution in [2.75, 3.05) is 6.54 Å². The maximum absolute atomic E-state index is 5.73. The van der Waals surface area contributed by atoms with Gasteiger partial charge in [0.2, 0.25) is 0 Å². The Bertz CT molecular complexity index is 535. The van der Waals surface area contributed by atoms with E-state index in [-0.39, 0.29) is 5.41 Å². The summed E-state index contributed by atoms with van der Waals surface area (Å²) in [4.78, 5) is 3.38. The molecule has 0 aliphatic rings. The Morgan fingerprint density at radius 3 is 2.61 bits per heavy atom. The van der Waals surface area contributed by atoms with Crippen LogP contribution in [0.25, 0.3) is 10.9 Å². The molecule has 0 saturated heterocycles. The molecular formula is C16H24N2. The molecule has 0 atom stereocenters. The fraction of sp³-hybridized carbons (Fsp3) is 0.500. The van der Waals surface area contributed by atoms with Crippen LogP contribution in [-0.2, 0) is 5.41 Å². The van der Waals surface area contributed by atoms with Gasteiger partial charge in [-0.05, 0) is 47.6 Å². The molecule has 0 radical (unpaired) electrons. The zero-order valence-electron chi connectivity index (χ0n) is 11.9. The maximum Gasteiger partial charge on any atom is 0.0457 e. The van der Waals surface area contributed by atoms with Crippen LogP contribution in [0.5, 0.6) is 0 Å². The van der Waals surface area contributed by atoms with Crippen molar-refractivity contribution in [2.24, 2.45) is 5.73 Å². The van der Waals surface area contributed by atoms with Gasteiger partial charge in [-0.3, -0.25) is 0 Å². The Morgan fingerprint density at radius 2 is 2.00 bits per heavy atom. The summed E-state index contributed by atoms with van der Waals surface area (Å²) in [5.41, 5.74) is 9.86. The molecule has 3 N–H and O–H groups in total. The van der Waals surface area contributed by atoms with Gasteiger partial charge in [-0.25, -0.2) is 0 Å². The first-order chi connectivity index (χ1) is 8.45. The second kappa shape index (κ2) is 4.77. The monoisotopic (exact) mass is 244 g/mol. The molecule has 2 aromatic rings. The lowest BCUT2D eigenvalue weighted by Crippen LogP contribution is -2.21. The lowest BCUT2D eigenvalue weighted by Gasteiger charge is -2.23. The van der Waals surface area contributed by atoms with Crippen LogP contribution in [0.2, 0.25) is 0 Å². The fourth-order valence-corrected chi connectivity index (χ4v) is 2.55. The van der Waals surface area contributed by atoms with E-state index in [1.54, 1.807) is 0 Å². The second-order valence-corrected chi connectivity index (χ2v) is 6.08. The molecule has 98 valence electrons. The highest BCUT2D eigenvalue weighted by molar-refractivity contribution is 5.85. The smallest absolute Gasteiger partial charge is 0.0457 e. The van der Waals surface area contributed by atoms with Crippen LogP contribution in [0.4, 0.5) is 0 Å². The van der Waals surface area contributed by atoms with Crippen molar-refractivity contribution in [2.45, 2.75) is 45.4 Å². The van der Waals surface area contributed by atoms with Gasteiger partial charge in [0.25, 0.3) is 0 Å². The van der Waals surface area contributed by atoms with E-state index >= 15 is 0 Å². The Hall–Kier alpha value is -1.28. The SMILES string of the molecule is CC(C)c1ccc2[nH]cc(C(C)(C)CCN)c2c1. The first-order valence-electron chi connectivity index (χ1n) is 6.77. The number of benzene rings is 1. The van der Waals surface area contributed by atoms with Gasteiger partial charge in [0.1, 0.15) is 0 Å². The third-order valence-corrected chi connectivity index (χ3v) is 3.87. The van der Waals surface area contributed by atoms with Gasteiger partial charge in [-0.2, -0.15) is 0 Å². The van der Waals surface area contributed by atoms with E-state index in [9.17, 15) is 0 Å². The zero-order valence-corrected chi connectivity index (χ0v) is 11.9. The fourth-order valence-electron chi connectivity index (χ4n) is 2.55. The summed E-state index contributed by atoms with van der Waals surface area (Å²) in [6, 6.07) is 6.72. The number of hydrogen-bond donors (Lipinski definition) is 2. The van der Waals surface area contributed by atoms with Crippen LogP contribution in [-0.4, -0.2) is 11.5 Å². The van der Waals surface area contributed by atoms with Crippen LogP contribution in [0, 0.1) is 0 Å². The number of fused-ring (bicyclic) bond motifs is 1. The molecule has 2 rings (SSSR count). The standard InChI is InChI=1S/C16H24N2/c1-11(2)12-5-6-15-13(9-12)14(10-18-15)16(3,4)7-8-17/h5-6,9-11,18H,7-8,17H2,1-4H3. The third kappa shape index (κ3) is 2.30. The molecular weight excluding hydrogens is 220 g/mol. The van der Waals surface area contributed by atoms with Crippen molar-refractivity contribution < 1.29 is 0 Å². The Kier molecular flexibility index (Phi) is 3.49. The van der Waals surface area contributed by atoms with Crippen LogP contribution >= 0.6 is 0 Å². The number of H-pyrrole nitrogens is 1. The van der Waals surface area contributed by atoms with Crippen molar-refractivity contribution in [3.63, 3.8) is 0 Å². The molecule has 0 saturated carbocycles. The minimum absolute atomic E-state index is 0.128. The van der Waals surface area contributed by atoms with Crippen LogP contribution in [0.15, 0.2) is 24.4 Å². The van der Waals surface area contributed by atoms with Gasteiger partial charge in [0.05, 0.1) is 0 Å². The molecule has 18 heavy (non-hydrogen) atoms. The van der Waals surface area contributed by atoms with Gasteiger partial charge in [0.15, 0.2) is 0 Å². The van der Waals surface area contributed by atoms with E-state index in [0.717, 1.165) is 13.0 Å². The van der Waals surface area contributed by atoms with Gasteiger partial charge in [-0.15, -0.1) is 0 Å². The minimum atomic E-state index is 0.128. The number of nitrogens with one attached hydrogen (secondary N) is 1. The van der Waals surface area contributed by atoms with Gasteiger partial charge >= 0.3 is 0 Å². The zero-order chi connectivity index (χ0) is 13.3.